The Kier molecular flexibility index (Phi) is 9.91. The molecule has 3 aliphatic rings. The van der Waals surface area contributed by atoms with Crippen molar-refractivity contribution in [3.05, 3.63) is 59.8 Å². The van der Waals surface area contributed by atoms with E-state index in [2.05, 4.69) is 6.92 Å². The fourth-order valence-corrected chi connectivity index (χ4v) is 8.78. The second-order valence-corrected chi connectivity index (χ2v) is 15.3. The van der Waals surface area contributed by atoms with Gasteiger partial charge in [-0.25, -0.2) is 13.2 Å². The maximum absolute atomic E-state index is 13.9. The number of piperazine rings is 1. The quantitative estimate of drug-likeness (QED) is 0.230. The van der Waals surface area contributed by atoms with Crippen LogP contribution in [-0.2, 0) is 20.9 Å². The van der Waals surface area contributed by atoms with E-state index in [0.29, 0.717) is 18.1 Å². The molecule has 3 aliphatic heterocycles. The first-order valence-electron chi connectivity index (χ1n) is 17.0. The SMILES string of the molecule is CCCCOC(=O)N1[C@@H]2CC[C@H]1C[C@@H](Oc1ccc3c(c1)cc(C(=O)N1CCN(S(=O)(=O)c4ccc(C(F)(F)F)cc4)CC1)n3C(C)C)C2. The molecule has 4 heterocycles. The number of alkyl halides is 3. The molecule has 14 heteroatoms. The number of benzene rings is 2. The Morgan fingerprint density at radius 1 is 0.939 bits per heavy atom. The van der Waals surface area contributed by atoms with E-state index in [-0.39, 0.29) is 67.3 Å². The standard InChI is InChI=1S/C35H43F3N4O6S/c1-4-5-18-47-34(44)42-26-8-9-27(42)22-29(21-26)48-28-10-13-31-24(19-28)20-32(41(31)23(2)3)33(43)39-14-16-40(17-15-39)49(45,46)30-11-6-25(7-12-30)35(36,37)38/h6-7,10-13,19-20,23,26-27,29H,4-5,8-9,14-18,21-22H2,1-3H3/t26-,27+,29+. The third-order valence-corrected chi connectivity index (χ3v) is 11.7. The number of sulfonamides is 1. The lowest BCUT2D eigenvalue weighted by Gasteiger charge is -2.38. The molecule has 2 bridgehead atoms. The van der Waals surface area contributed by atoms with Crippen LogP contribution in [0, 0.1) is 0 Å². The van der Waals surface area contributed by atoms with Crippen LogP contribution in [0.25, 0.3) is 10.9 Å². The average molecular weight is 705 g/mol. The van der Waals surface area contributed by atoms with Gasteiger partial charge in [0.2, 0.25) is 10.0 Å². The van der Waals surface area contributed by atoms with Crippen molar-refractivity contribution in [3.63, 3.8) is 0 Å². The fourth-order valence-electron chi connectivity index (χ4n) is 7.36. The van der Waals surface area contributed by atoms with Gasteiger partial charge in [-0.1, -0.05) is 13.3 Å². The maximum Gasteiger partial charge on any atom is 0.416 e. The van der Waals surface area contributed by atoms with Crippen LogP contribution in [0.5, 0.6) is 5.75 Å². The molecule has 0 aliphatic carbocycles. The fraction of sp³-hybridized carbons (Fsp3) is 0.543. The Morgan fingerprint density at radius 3 is 2.18 bits per heavy atom. The first-order valence-corrected chi connectivity index (χ1v) is 18.4. The smallest absolute Gasteiger partial charge is 0.416 e. The van der Waals surface area contributed by atoms with E-state index in [1.807, 2.05) is 47.6 Å². The molecule has 2 amide bonds. The van der Waals surface area contributed by atoms with E-state index in [0.717, 1.165) is 73.7 Å². The number of halogens is 3. The predicted octanol–water partition coefficient (Wildman–Crippen LogP) is 6.70. The normalized spacial score (nSPS) is 21.8. The molecule has 3 fully saturated rings. The predicted molar refractivity (Wildman–Crippen MR) is 177 cm³/mol. The summed E-state index contributed by atoms with van der Waals surface area (Å²) in [6.07, 6.45) is 0.318. The van der Waals surface area contributed by atoms with E-state index < -0.39 is 21.8 Å². The molecule has 3 saturated heterocycles. The highest BCUT2D eigenvalue weighted by molar-refractivity contribution is 7.89. The van der Waals surface area contributed by atoms with Crippen LogP contribution in [0.4, 0.5) is 18.0 Å². The zero-order valence-corrected chi connectivity index (χ0v) is 28.8. The van der Waals surface area contributed by atoms with Crippen molar-refractivity contribution in [1.82, 2.24) is 18.7 Å². The highest BCUT2D eigenvalue weighted by Crippen LogP contribution is 2.39. The molecule has 0 unspecified atom stereocenters. The minimum absolute atomic E-state index is 0.0201. The van der Waals surface area contributed by atoms with Gasteiger partial charge >= 0.3 is 12.3 Å². The van der Waals surface area contributed by atoms with Crippen molar-refractivity contribution in [1.29, 1.82) is 0 Å². The second-order valence-electron chi connectivity index (χ2n) is 13.4. The van der Waals surface area contributed by atoms with Gasteiger partial charge in [-0.3, -0.25) is 4.79 Å². The third-order valence-electron chi connectivity index (χ3n) is 9.82. The lowest BCUT2D eigenvalue weighted by atomic mass is 10.00. The zero-order valence-electron chi connectivity index (χ0n) is 28.0. The van der Waals surface area contributed by atoms with Crippen LogP contribution >= 0.6 is 0 Å². The van der Waals surface area contributed by atoms with Gasteiger partial charge in [0.1, 0.15) is 17.5 Å². The van der Waals surface area contributed by atoms with Crippen LogP contribution < -0.4 is 4.74 Å². The number of hydrogen-bond donors (Lipinski definition) is 0. The first kappa shape index (κ1) is 35.1. The summed E-state index contributed by atoms with van der Waals surface area (Å²) in [6, 6.07) is 11.2. The van der Waals surface area contributed by atoms with Crippen molar-refractivity contribution < 1.29 is 40.7 Å². The number of rotatable bonds is 9. The minimum atomic E-state index is -4.56. The molecule has 3 atom stereocenters. The Morgan fingerprint density at radius 2 is 1.59 bits per heavy atom. The highest BCUT2D eigenvalue weighted by atomic mass is 32.2. The lowest BCUT2D eigenvalue weighted by molar-refractivity contribution is -0.137. The Bertz CT molecular complexity index is 1770. The summed E-state index contributed by atoms with van der Waals surface area (Å²) in [4.78, 5) is 29.9. The molecule has 0 saturated carbocycles. The van der Waals surface area contributed by atoms with E-state index >= 15 is 0 Å². The molecule has 49 heavy (non-hydrogen) atoms. The summed E-state index contributed by atoms with van der Waals surface area (Å²) in [7, 11) is -4.03. The van der Waals surface area contributed by atoms with Crippen LogP contribution in [0.3, 0.4) is 0 Å². The summed E-state index contributed by atoms with van der Waals surface area (Å²) in [5.41, 5.74) is 0.433. The number of nitrogens with zero attached hydrogens (tertiary/aromatic N) is 4. The Labute approximate surface area is 284 Å². The molecule has 0 radical (unpaired) electrons. The van der Waals surface area contributed by atoms with Crippen molar-refractivity contribution >= 4 is 32.9 Å². The van der Waals surface area contributed by atoms with Crippen LogP contribution in [-0.4, -0.2) is 90.1 Å². The Hall–Kier alpha value is -3.78. The summed E-state index contributed by atoms with van der Waals surface area (Å²) in [6.45, 7) is 6.80. The van der Waals surface area contributed by atoms with Gasteiger partial charge in [-0.15, -0.1) is 0 Å². The number of carbonyl (C=O) groups excluding carboxylic acids is 2. The molecular formula is C35H43F3N4O6S. The van der Waals surface area contributed by atoms with E-state index in [1.165, 1.54) is 4.31 Å². The third kappa shape index (κ3) is 7.12. The molecular weight excluding hydrogens is 661 g/mol. The summed E-state index contributed by atoms with van der Waals surface area (Å²) >= 11 is 0. The van der Waals surface area contributed by atoms with Gasteiger partial charge in [0.25, 0.3) is 5.91 Å². The largest absolute Gasteiger partial charge is 0.490 e. The molecule has 1 aromatic heterocycles. The molecule has 266 valence electrons. The zero-order chi connectivity index (χ0) is 35.1. The van der Waals surface area contributed by atoms with Crippen LogP contribution in [0.1, 0.15) is 81.4 Å². The number of carbonyl (C=O) groups is 2. The number of hydrogen-bond acceptors (Lipinski definition) is 6. The lowest BCUT2D eigenvalue weighted by Crippen LogP contribution is -2.50. The van der Waals surface area contributed by atoms with Crippen molar-refractivity contribution in [2.75, 3.05) is 32.8 Å². The summed E-state index contributed by atoms with van der Waals surface area (Å²) < 4.78 is 80.4. The molecule has 2 aromatic carbocycles. The van der Waals surface area contributed by atoms with Crippen molar-refractivity contribution in [2.24, 2.45) is 0 Å². The number of aromatic nitrogens is 1. The van der Waals surface area contributed by atoms with E-state index in [9.17, 15) is 31.2 Å². The van der Waals surface area contributed by atoms with Crippen LogP contribution in [0.2, 0.25) is 0 Å². The molecule has 6 rings (SSSR count). The van der Waals surface area contributed by atoms with Crippen molar-refractivity contribution in [2.45, 2.75) is 94.6 Å². The van der Waals surface area contributed by atoms with Gasteiger partial charge in [-0.2, -0.15) is 17.5 Å². The first-order chi connectivity index (χ1) is 23.3. The number of amides is 2. The van der Waals surface area contributed by atoms with E-state index in [4.69, 9.17) is 9.47 Å². The minimum Gasteiger partial charge on any atom is -0.490 e. The average Bonchev–Trinajstić information content (AvgIpc) is 3.58. The van der Waals surface area contributed by atoms with Gasteiger partial charge in [0.15, 0.2) is 0 Å². The number of ether oxygens (including phenoxy) is 2. The topological polar surface area (TPSA) is 101 Å². The maximum atomic E-state index is 13.9. The molecule has 0 spiro atoms. The number of unbranched alkanes of at least 4 members (excludes halogenated alkanes) is 1. The summed E-state index contributed by atoms with van der Waals surface area (Å²) in [5.74, 6) is 0.464. The number of piperidine rings is 1. The van der Waals surface area contributed by atoms with Gasteiger partial charge in [-0.05, 0) is 81.6 Å². The molecule has 10 nitrogen and oxygen atoms in total. The van der Waals surface area contributed by atoms with E-state index in [1.54, 1.807) is 4.90 Å². The molecule has 3 aromatic rings. The Balaban J connectivity index is 1.12. The van der Waals surface area contributed by atoms with Crippen molar-refractivity contribution in [3.8, 4) is 5.75 Å². The number of fused-ring (bicyclic) bond motifs is 3. The second kappa shape index (κ2) is 13.9. The van der Waals surface area contributed by atoms with Gasteiger partial charge < -0.3 is 23.8 Å². The summed E-state index contributed by atoms with van der Waals surface area (Å²) in [5, 5.41) is 0.845. The highest BCUT2D eigenvalue weighted by Gasteiger charge is 2.45. The van der Waals surface area contributed by atoms with Gasteiger partial charge in [0, 0.05) is 68.0 Å². The van der Waals surface area contributed by atoms with Gasteiger partial charge in [0.05, 0.1) is 17.1 Å². The monoisotopic (exact) mass is 704 g/mol. The molecule has 0 N–H and O–H groups in total. The van der Waals surface area contributed by atoms with Crippen LogP contribution in [0.15, 0.2) is 53.4 Å².